The van der Waals surface area contributed by atoms with Gasteiger partial charge in [0, 0.05) is 24.6 Å². The molecule has 5 rings (SSSR count). The first-order valence-electron chi connectivity index (χ1n) is 13.7. The largest absolute Gasteiger partial charge is 0.494 e. The topological polar surface area (TPSA) is 114 Å². The lowest BCUT2D eigenvalue weighted by atomic mass is 10.1. The van der Waals surface area contributed by atoms with Crippen molar-refractivity contribution in [2.45, 2.75) is 38.5 Å². The van der Waals surface area contributed by atoms with Crippen LogP contribution in [0, 0.1) is 0 Å². The molecule has 2 N–H and O–H groups in total. The minimum atomic E-state index is -3.89. The summed E-state index contributed by atoms with van der Waals surface area (Å²) in [6.07, 6.45) is 5.58. The summed E-state index contributed by atoms with van der Waals surface area (Å²) < 4.78 is 38.1. The number of ether oxygens (including phenoxy) is 1. The van der Waals surface area contributed by atoms with E-state index < -0.39 is 10.1 Å². The fourth-order valence-electron chi connectivity index (χ4n) is 4.79. The summed E-state index contributed by atoms with van der Waals surface area (Å²) in [5, 5.41) is 11.3. The van der Waals surface area contributed by atoms with Gasteiger partial charge < -0.3 is 9.84 Å². The van der Waals surface area contributed by atoms with Gasteiger partial charge in [0.1, 0.15) is 11.4 Å². The van der Waals surface area contributed by atoms with Crippen molar-refractivity contribution in [3.05, 3.63) is 114 Å². The van der Waals surface area contributed by atoms with Crippen molar-refractivity contribution < 1.29 is 22.8 Å². The number of fused-ring (bicyclic) bond motifs is 1. The molecule has 212 valence electrons. The Morgan fingerprint density at radius 2 is 1.44 bits per heavy atom. The molecular weight excluding hydrogens is 538 g/mol. The summed E-state index contributed by atoms with van der Waals surface area (Å²) in [7, 11) is -3.89. The fraction of sp³-hybridized carbons (Fsp3) is 0.250. The van der Waals surface area contributed by atoms with Gasteiger partial charge in [-0.15, -0.1) is 0 Å². The average molecular weight is 572 g/mol. The van der Waals surface area contributed by atoms with Crippen molar-refractivity contribution in [2.75, 3.05) is 12.4 Å². The van der Waals surface area contributed by atoms with Crippen molar-refractivity contribution in [2.24, 2.45) is 0 Å². The summed E-state index contributed by atoms with van der Waals surface area (Å²) in [4.78, 5) is 9.80. The second kappa shape index (κ2) is 13.0. The number of nitrogens with zero attached hydrogens (tertiary/aromatic N) is 3. The van der Waals surface area contributed by atoms with E-state index >= 15 is 0 Å². The molecule has 0 unspecified atom stereocenters. The summed E-state index contributed by atoms with van der Waals surface area (Å²) in [6.45, 7) is 0.506. The Hall–Kier alpha value is -4.21. The summed E-state index contributed by atoms with van der Waals surface area (Å²) in [6, 6.07) is 27.7. The number of benzene rings is 3. The molecule has 9 heteroatoms. The average Bonchev–Trinajstić information content (AvgIpc) is 3.28. The minimum absolute atomic E-state index is 0.0881. The molecule has 3 aromatic carbocycles. The quantitative estimate of drug-likeness (QED) is 0.129. The van der Waals surface area contributed by atoms with E-state index in [4.69, 9.17) is 19.3 Å². The molecule has 0 fully saturated rings. The molecule has 0 atom stereocenters. The highest BCUT2D eigenvalue weighted by Crippen LogP contribution is 2.29. The highest BCUT2D eigenvalue weighted by molar-refractivity contribution is 7.85. The smallest absolute Gasteiger partial charge is 0.264 e. The van der Waals surface area contributed by atoms with E-state index in [1.54, 1.807) is 4.40 Å². The SMILES string of the molecule is O=S(=O)(O)CCCCCCOc1cccc(Cc2nc3c(Cc4ccccc4)nc(-c4ccccc4)cn3c2O)c1. The van der Waals surface area contributed by atoms with Crippen LogP contribution < -0.4 is 4.74 Å². The van der Waals surface area contributed by atoms with E-state index in [9.17, 15) is 13.5 Å². The molecule has 0 aliphatic rings. The van der Waals surface area contributed by atoms with Crippen LogP contribution in [0.3, 0.4) is 0 Å². The van der Waals surface area contributed by atoms with Crippen LogP contribution in [0.4, 0.5) is 0 Å². The van der Waals surface area contributed by atoms with Crippen LogP contribution in [0.15, 0.2) is 91.1 Å². The minimum Gasteiger partial charge on any atom is -0.494 e. The number of aromatic hydroxyl groups is 1. The zero-order valence-corrected chi connectivity index (χ0v) is 23.5. The predicted octanol–water partition coefficient (Wildman–Crippen LogP) is 6.11. The van der Waals surface area contributed by atoms with E-state index in [-0.39, 0.29) is 11.6 Å². The molecular formula is C32H33N3O5S. The number of imidazole rings is 1. The van der Waals surface area contributed by atoms with E-state index in [0.717, 1.165) is 46.7 Å². The normalized spacial score (nSPS) is 11.6. The van der Waals surface area contributed by atoms with Gasteiger partial charge in [0.25, 0.3) is 10.1 Å². The number of hydrogen-bond donors (Lipinski definition) is 2. The van der Waals surface area contributed by atoms with Crippen LogP contribution in [0.2, 0.25) is 0 Å². The maximum Gasteiger partial charge on any atom is 0.264 e. The fourth-order valence-corrected chi connectivity index (χ4v) is 5.36. The van der Waals surface area contributed by atoms with Gasteiger partial charge in [-0.05, 0) is 36.1 Å². The highest BCUT2D eigenvalue weighted by atomic mass is 32.2. The zero-order chi connectivity index (χ0) is 28.7. The van der Waals surface area contributed by atoms with Gasteiger partial charge >= 0.3 is 0 Å². The summed E-state index contributed by atoms with van der Waals surface area (Å²) in [5.74, 6) is 0.606. The van der Waals surface area contributed by atoms with Crippen LogP contribution in [0.1, 0.15) is 48.2 Å². The molecule has 2 aromatic heterocycles. The monoisotopic (exact) mass is 571 g/mol. The zero-order valence-electron chi connectivity index (χ0n) is 22.7. The molecule has 0 aliphatic carbocycles. The van der Waals surface area contributed by atoms with Gasteiger partial charge in [-0.2, -0.15) is 8.42 Å². The number of hydrogen-bond acceptors (Lipinski definition) is 6. The first kappa shape index (κ1) is 28.3. The Morgan fingerprint density at radius 3 is 2.20 bits per heavy atom. The van der Waals surface area contributed by atoms with Gasteiger partial charge in [0.15, 0.2) is 5.65 Å². The number of aromatic nitrogens is 3. The lowest BCUT2D eigenvalue weighted by Gasteiger charge is -2.08. The van der Waals surface area contributed by atoms with Gasteiger partial charge in [-0.3, -0.25) is 8.95 Å². The van der Waals surface area contributed by atoms with E-state index in [1.165, 1.54) is 0 Å². The third-order valence-electron chi connectivity index (χ3n) is 6.84. The summed E-state index contributed by atoms with van der Waals surface area (Å²) >= 11 is 0. The molecule has 0 saturated heterocycles. The van der Waals surface area contributed by atoms with Crippen molar-refractivity contribution in [3.63, 3.8) is 0 Å². The standard InChI is InChI=1S/C32H33N3O5S/c36-32-29(22-25-14-11-17-27(20-25)40-18-9-1-2-10-19-41(37,38)39)34-31-28(21-24-12-5-3-6-13-24)33-30(23-35(31)32)26-15-7-4-8-16-26/h3-8,11-17,20,23,36H,1-2,9-10,18-19,21-22H2,(H,37,38,39). The first-order valence-corrected chi connectivity index (χ1v) is 15.3. The van der Waals surface area contributed by atoms with Gasteiger partial charge in [-0.25, -0.2) is 9.97 Å². The first-order chi connectivity index (χ1) is 19.9. The molecule has 0 aliphatic heterocycles. The molecule has 2 heterocycles. The van der Waals surface area contributed by atoms with Gasteiger partial charge in [0.2, 0.25) is 5.88 Å². The molecule has 0 saturated carbocycles. The third-order valence-corrected chi connectivity index (χ3v) is 7.64. The Morgan fingerprint density at radius 1 is 0.756 bits per heavy atom. The van der Waals surface area contributed by atoms with Crippen molar-refractivity contribution in [1.29, 1.82) is 0 Å². The predicted molar refractivity (Wildman–Crippen MR) is 159 cm³/mol. The maximum atomic E-state index is 11.3. The summed E-state index contributed by atoms with van der Waals surface area (Å²) in [5.41, 5.74) is 5.76. The van der Waals surface area contributed by atoms with Crippen molar-refractivity contribution in [3.8, 4) is 22.9 Å². The van der Waals surface area contributed by atoms with E-state index in [2.05, 4.69) is 12.1 Å². The van der Waals surface area contributed by atoms with Crippen molar-refractivity contribution >= 4 is 15.8 Å². The Labute approximate surface area is 240 Å². The van der Waals surface area contributed by atoms with Gasteiger partial charge in [0.05, 0.1) is 23.7 Å². The molecule has 5 aromatic rings. The number of rotatable bonds is 13. The molecule has 41 heavy (non-hydrogen) atoms. The third kappa shape index (κ3) is 7.71. The Balaban J connectivity index is 1.33. The molecule has 0 spiro atoms. The van der Waals surface area contributed by atoms with Crippen LogP contribution in [0.25, 0.3) is 16.9 Å². The van der Waals surface area contributed by atoms with Gasteiger partial charge in [-0.1, -0.05) is 85.6 Å². The second-order valence-electron chi connectivity index (χ2n) is 10.0. The lowest BCUT2D eigenvalue weighted by molar-refractivity contribution is 0.305. The maximum absolute atomic E-state index is 11.3. The second-order valence-corrected chi connectivity index (χ2v) is 11.6. The Bertz CT molecular complexity index is 1700. The highest BCUT2D eigenvalue weighted by Gasteiger charge is 2.18. The van der Waals surface area contributed by atoms with Crippen LogP contribution in [0.5, 0.6) is 11.6 Å². The lowest BCUT2D eigenvalue weighted by Crippen LogP contribution is -2.04. The molecule has 8 nitrogen and oxygen atoms in total. The van der Waals surface area contributed by atoms with E-state index in [0.29, 0.717) is 43.6 Å². The van der Waals surface area contributed by atoms with Crippen LogP contribution in [-0.2, 0) is 23.0 Å². The number of unbranched alkanes of at least 4 members (excludes halogenated alkanes) is 3. The van der Waals surface area contributed by atoms with Crippen molar-refractivity contribution in [1.82, 2.24) is 14.4 Å². The molecule has 0 bridgehead atoms. The van der Waals surface area contributed by atoms with Crippen LogP contribution in [-0.4, -0.2) is 44.8 Å². The molecule has 0 amide bonds. The Kier molecular flexibility index (Phi) is 8.96. The van der Waals surface area contributed by atoms with Crippen LogP contribution >= 0.6 is 0 Å². The van der Waals surface area contributed by atoms with E-state index in [1.807, 2.05) is 79.0 Å². The molecule has 0 radical (unpaired) electrons.